The molecule has 7 nitrogen and oxygen atoms in total. The third kappa shape index (κ3) is 2.93. The predicted octanol–water partition coefficient (Wildman–Crippen LogP) is 2.31. The summed E-state index contributed by atoms with van der Waals surface area (Å²) in [6, 6.07) is 2.67. The molecule has 1 aromatic carbocycles. The van der Waals surface area contributed by atoms with E-state index in [1.54, 1.807) is 0 Å². The predicted molar refractivity (Wildman–Crippen MR) is 67.3 cm³/mol. The summed E-state index contributed by atoms with van der Waals surface area (Å²) >= 11 is 0. The Morgan fingerprint density at radius 3 is 2.63 bits per heavy atom. The first kappa shape index (κ1) is 13.1. The number of amides is 1. The summed E-state index contributed by atoms with van der Waals surface area (Å²) in [4.78, 5) is 22.1. The molecule has 1 heterocycles. The van der Waals surface area contributed by atoms with Gasteiger partial charge >= 0.3 is 0 Å². The number of nitrogens with zero attached hydrogens (tertiary/aromatic N) is 1. The fourth-order valence-electron chi connectivity index (χ4n) is 1.75. The lowest BCUT2D eigenvalue weighted by Crippen LogP contribution is -2.14. The molecule has 1 amide bonds. The monoisotopic (exact) mass is 266 g/mol. The molecule has 0 radical (unpaired) electrons. The van der Waals surface area contributed by atoms with Crippen molar-refractivity contribution in [3.63, 3.8) is 0 Å². The average molecular weight is 266 g/mol. The van der Waals surface area contributed by atoms with Crippen LogP contribution in [0.5, 0.6) is 11.5 Å². The number of nitro groups is 1. The third-order valence-corrected chi connectivity index (χ3v) is 2.56. The van der Waals surface area contributed by atoms with Gasteiger partial charge in [-0.2, -0.15) is 0 Å². The van der Waals surface area contributed by atoms with Crippen molar-refractivity contribution in [1.82, 2.24) is 0 Å². The van der Waals surface area contributed by atoms with Gasteiger partial charge in [0.1, 0.15) is 5.69 Å². The molecule has 0 saturated carbocycles. The van der Waals surface area contributed by atoms with Crippen molar-refractivity contribution in [1.29, 1.82) is 0 Å². The molecule has 19 heavy (non-hydrogen) atoms. The van der Waals surface area contributed by atoms with Crippen LogP contribution in [0.25, 0.3) is 0 Å². The second kappa shape index (κ2) is 5.13. The summed E-state index contributed by atoms with van der Waals surface area (Å²) in [7, 11) is 0. The number of carbonyl (C=O) groups excluding carboxylic acids is 1. The minimum absolute atomic E-state index is 0.0237. The highest BCUT2D eigenvalue weighted by molar-refractivity contribution is 5.93. The van der Waals surface area contributed by atoms with Crippen LogP contribution in [0.2, 0.25) is 0 Å². The van der Waals surface area contributed by atoms with Gasteiger partial charge in [0.2, 0.25) is 12.7 Å². The maximum atomic E-state index is 11.7. The van der Waals surface area contributed by atoms with Gasteiger partial charge in [-0.25, -0.2) is 0 Å². The summed E-state index contributed by atoms with van der Waals surface area (Å²) in [6.07, 6.45) is 0.297. The summed E-state index contributed by atoms with van der Waals surface area (Å²) < 4.78 is 10.2. The standard InChI is InChI=1S/C12H14N2O5/c1-7(2)3-12(15)13-8-4-10-11(19-6-18-10)5-9(8)14(16)17/h4-5,7H,3,6H2,1-2H3,(H,13,15). The molecule has 102 valence electrons. The molecule has 7 heteroatoms. The Bertz CT molecular complexity index is 527. The summed E-state index contributed by atoms with van der Waals surface area (Å²) in [6.45, 7) is 3.82. The Labute approximate surface area is 109 Å². The van der Waals surface area contributed by atoms with Crippen LogP contribution in [0.4, 0.5) is 11.4 Å². The van der Waals surface area contributed by atoms with Crippen LogP contribution in [-0.2, 0) is 4.79 Å². The number of nitrogens with one attached hydrogen (secondary N) is 1. The van der Waals surface area contributed by atoms with E-state index < -0.39 is 4.92 Å². The van der Waals surface area contributed by atoms with Crippen molar-refractivity contribution in [2.75, 3.05) is 12.1 Å². The van der Waals surface area contributed by atoms with Gasteiger partial charge in [-0.3, -0.25) is 14.9 Å². The molecule has 0 saturated heterocycles. The number of fused-ring (bicyclic) bond motifs is 1. The van der Waals surface area contributed by atoms with Crippen LogP contribution in [-0.4, -0.2) is 17.6 Å². The minimum atomic E-state index is -0.563. The van der Waals surface area contributed by atoms with Gasteiger partial charge in [0, 0.05) is 12.5 Å². The Hall–Kier alpha value is -2.31. The first-order valence-electron chi connectivity index (χ1n) is 5.85. The van der Waals surface area contributed by atoms with Crippen molar-refractivity contribution in [3.8, 4) is 11.5 Å². The summed E-state index contributed by atoms with van der Waals surface area (Å²) in [5, 5.41) is 13.5. The van der Waals surface area contributed by atoms with Crippen LogP contribution in [0.3, 0.4) is 0 Å². The molecule has 0 atom stereocenters. The molecule has 0 fully saturated rings. The Kier molecular flexibility index (Phi) is 3.55. The lowest BCUT2D eigenvalue weighted by Gasteiger charge is -2.08. The van der Waals surface area contributed by atoms with E-state index in [2.05, 4.69) is 5.32 Å². The van der Waals surface area contributed by atoms with Crippen LogP contribution in [0.15, 0.2) is 12.1 Å². The van der Waals surface area contributed by atoms with E-state index in [4.69, 9.17) is 9.47 Å². The summed E-state index contributed by atoms with van der Waals surface area (Å²) in [5.41, 5.74) is -0.0822. The van der Waals surface area contributed by atoms with E-state index in [1.165, 1.54) is 12.1 Å². The van der Waals surface area contributed by atoms with E-state index in [0.29, 0.717) is 17.9 Å². The van der Waals surface area contributed by atoms with Crippen LogP contribution < -0.4 is 14.8 Å². The Morgan fingerprint density at radius 1 is 1.42 bits per heavy atom. The van der Waals surface area contributed by atoms with E-state index in [1.807, 2.05) is 13.8 Å². The third-order valence-electron chi connectivity index (χ3n) is 2.56. The zero-order valence-corrected chi connectivity index (χ0v) is 10.6. The number of carbonyl (C=O) groups is 1. The number of rotatable bonds is 4. The fourth-order valence-corrected chi connectivity index (χ4v) is 1.75. The second-order valence-electron chi connectivity index (χ2n) is 4.63. The molecule has 2 rings (SSSR count). The maximum absolute atomic E-state index is 11.7. The van der Waals surface area contributed by atoms with Crippen molar-refractivity contribution in [2.24, 2.45) is 5.92 Å². The SMILES string of the molecule is CC(C)CC(=O)Nc1cc2c(cc1[N+](=O)[O-])OCO2. The first-order chi connectivity index (χ1) is 8.97. The highest BCUT2D eigenvalue weighted by Gasteiger charge is 2.24. The Morgan fingerprint density at radius 2 is 2.05 bits per heavy atom. The van der Waals surface area contributed by atoms with Crippen LogP contribution in [0, 0.1) is 16.0 Å². The highest BCUT2D eigenvalue weighted by Crippen LogP contribution is 2.40. The number of ether oxygens (including phenoxy) is 2. The van der Waals surface area contributed by atoms with Crippen molar-refractivity contribution >= 4 is 17.3 Å². The zero-order valence-electron chi connectivity index (χ0n) is 10.6. The quantitative estimate of drug-likeness (QED) is 0.667. The molecule has 1 aliphatic rings. The van der Waals surface area contributed by atoms with Gasteiger partial charge in [0.25, 0.3) is 5.69 Å². The van der Waals surface area contributed by atoms with Gasteiger partial charge in [0.15, 0.2) is 11.5 Å². The number of hydrogen-bond donors (Lipinski definition) is 1. The maximum Gasteiger partial charge on any atom is 0.296 e. The molecule has 1 aromatic rings. The lowest BCUT2D eigenvalue weighted by atomic mass is 10.1. The molecule has 0 unspecified atom stereocenters. The number of anilines is 1. The lowest BCUT2D eigenvalue weighted by molar-refractivity contribution is -0.384. The molecule has 0 aliphatic carbocycles. The van der Waals surface area contributed by atoms with Crippen LogP contribution in [0.1, 0.15) is 20.3 Å². The Balaban J connectivity index is 2.28. The molecule has 1 aliphatic heterocycles. The number of benzene rings is 1. The van der Waals surface area contributed by atoms with Gasteiger partial charge in [0.05, 0.1) is 11.0 Å². The first-order valence-corrected chi connectivity index (χ1v) is 5.85. The second-order valence-corrected chi connectivity index (χ2v) is 4.63. The molecule has 0 bridgehead atoms. The average Bonchev–Trinajstić information content (AvgIpc) is 2.73. The fraction of sp³-hybridized carbons (Fsp3) is 0.417. The van der Waals surface area contributed by atoms with Crippen molar-refractivity contribution in [3.05, 3.63) is 22.2 Å². The van der Waals surface area contributed by atoms with Gasteiger partial charge in [-0.15, -0.1) is 0 Å². The number of nitro benzene ring substituents is 1. The van der Waals surface area contributed by atoms with Gasteiger partial charge in [-0.1, -0.05) is 13.8 Å². The van der Waals surface area contributed by atoms with E-state index in [-0.39, 0.29) is 30.0 Å². The zero-order chi connectivity index (χ0) is 14.0. The molecular weight excluding hydrogens is 252 g/mol. The van der Waals surface area contributed by atoms with E-state index >= 15 is 0 Å². The van der Waals surface area contributed by atoms with Crippen molar-refractivity contribution < 1.29 is 19.2 Å². The topological polar surface area (TPSA) is 90.7 Å². The van der Waals surface area contributed by atoms with Gasteiger partial charge in [-0.05, 0) is 5.92 Å². The van der Waals surface area contributed by atoms with E-state index in [0.717, 1.165) is 0 Å². The van der Waals surface area contributed by atoms with E-state index in [9.17, 15) is 14.9 Å². The molecular formula is C12H14N2O5. The normalized spacial score (nSPS) is 12.6. The smallest absolute Gasteiger partial charge is 0.296 e. The number of hydrogen-bond acceptors (Lipinski definition) is 5. The minimum Gasteiger partial charge on any atom is -0.454 e. The van der Waals surface area contributed by atoms with Crippen molar-refractivity contribution in [2.45, 2.75) is 20.3 Å². The molecule has 1 N–H and O–H groups in total. The van der Waals surface area contributed by atoms with Crippen LogP contribution >= 0.6 is 0 Å². The summed E-state index contributed by atoms with van der Waals surface area (Å²) in [5.74, 6) is 0.615. The highest BCUT2D eigenvalue weighted by atomic mass is 16.7. The molecule has 0 spiro atoms. The molecule has 0 aromatic heterocycles. The largest absolute Gasteiger partial charge is 0.454 e. The van der Waals surface area contributed by atoms with Gasteiger partial charge < -0.3 is 14.8 Å².